The average molecular weight is 276 g/mol. The molecule has 0 aromatic heterocycles. The maximum atomic E-state index is 10.9. The summed E-state index contributed by atoms with van der Waals surface area (Å²) in [7, 11) is 0. The first-order valence-electron chi connectivity index (χ1n) is 7.62. The molecule has 1 saturated carbocycles. The zero-order valence-electron chi connectivity index (χ0n) is 12.2. The monoisotopic (exact) mass is 276 g/mol. The molecule has 0 spiro atoms. The first-order valence-corrected chi connectivity index (χ1v) is 7.62. The van der Waals surface area contributed by atoms with Crippen LogP contribution in [0.15, 0.2) is 18.2 Å². The lowest BCUT2D eigenvalue weighted by molar-refractivity contribution is -0.385. The third-order valence-corrected chi connectivity index (χ3v) is 4.34. The number of nitrogens with zero attached hydrogens (tertiary/aromatic N) is 1. The average Bonchev–Trinajstić information content (AvgIpc) is 2.69. The highest BCUT2D eigenvalue weighted by atomic mass is 16.6. The lowest BCUT2D eigenvalue weighted by atomic mass is 10.00. The molecular weight excluding hydrogens is 252 g/mol. The Morgan fingerprint density at radius 2 is 1.95 bits per heavy atom. The molecule has 1 aromatic rings. The van der Waals surface area contributed by atoms with Gasteiger partial charge in [0.25, 0.3) is 5.69 Å². The standard InChI is InChI=1S/C16H24N2O2/c1-13-15(9-6-10-16(13)18(19)20)12-17-11-14-7-4-2-3-5-8-14/h6,9-10,14,17H,2-5,7-8,11-12H2,1H3. The Morgan fingerprint density at radius 3 is 2.60 bits per heavy atom. The van der Waals surface area contributed by atoms with E-state index in [0.717, 1.165) is 30.1 Å². The summed E-state index contributed by atoms with van der Waals surface area (Å²) in [6.45, 7) is 3.59. The normalized spacial score (nSPS) is 16.9. The Balaban J connectivity index is 1.87. The fraction of sp³-hybridized carbons (Fsp3) is 0.625. The molecule has 0 unspecified atom stereocenters. The van der Waals surface area contributed by atoms with Crippen molar-refractivity contribution >= 4 is 5.69 Å². The molecule has 4 heteroatoms. The third kappa shape index (κ3) is 4.04. The van der Waals surface area contributed by atoms with Crippen molar-refractivity contribution in [2.45, 2.75) is 52.0 Å². The van der Waals surface area contributed by atoms with Gasteiger partial charge < -0.3 is 5.32 Å². The van der Waals surface area contributed by atoms with E-state index in [1.807, 2.05) is 13.0 Å². The second-order valence-corrected chi connectivity index (χ2v) is 5.81. The predicted octanol–water partition coefficient (Wildman–Crippen LogP) is 3.96. The molecule has 0 heterocycles. The SMILES string of the molecule is Cc1c(CNCC2CCCCCC2)cccc1[N+](=O)[O-]. The molecule has 110 valence electrons. The lowest BCUT2D eigenvalue weighted by Crippen LogP contribution is -2.22. The van der Waals surface area contributed by atoms with E-state index in [2.05, 4.69) is 5.32 Å². The van der Waals surface area contributed by atoms with Crippen molar-refractivity contribution in [2.24, 2.45) is 5.92 Å². The van der Waals surface area contributed by atoms with Crippen molar-refractivity contribution < 1.29 is 4.92 Å². The van der Waals surface area contributed by atoms with Crippen molar-refractivity contribution in [3.8, 4) is 0 Å². The van der Waals surface area contributed by atoms with Crippen molar-refractivity contribution in [1.82, 2.24) is 5.32 Å². The molecule has 0 radical (unpaired) electrons. The van der Waals surface area contributed by atoms with Gasteiger partial charge >= 0.3 is 0 Å². The first-order chi connectivity index (χ1) is 9.68. The van der Waals surface area contributed by atoms with Gasteiger partial charge in [0.05, 0.1) is 4.92 Å². The Labute approximate surface area is 120 Å². The van der Waals surface area contributed by atoms with Crippen LogP contribution in [0.5, 0.6) is 0 Å². The number of nitro groups is 1. The van der Waals surface area contributed by atoms with E-state index in [0.29, 0.717) is 0 Å². The quantitative estimate of drug-likeness (QED) is 0.503. The molecule has 0 atom stereocenters. The molecule has 4 nitrogen and oxygen atoms in total. The summed E-state index contributed by atoms with van der Waals surface area (Å²) in [5.41, 5.74) is 2.04. The summed E-state index contributed by atoms with van der Waals surface area (Å²) in [6.07, 6.45) is 8.09. The highest BCUT2D eigenvalue weighted by Gasteiger charge is 2.14. The van der Waals surface area contributed by atoms with Gasteiger partial charge in [-0.05, 0) is 37.8 Å². The van der Waals surface area contributed by atoms with Crippen molar-refractivity contribution in [2.75, 3.05) is 6.54 Å². The highest BCUT2D eigenvalue weighted by molar-refractivity contribution is 5.44. The molecule has 1 aliphatic rings. The molecule has 0 saturated heterocycles. The molecule has 1 aromatic carbocycles. The minimum atomic E-state index is -0.301. The van der Waals surface area contributed by atoms with Gasteiger partial charge in [-0.2, -0.15) is 0 Å². The molecule has 20 heavy (non-hydrogen) atoms. The van der Waals surface area contributed by atoms with Crippen LogP contribution < -0.4 is 5.32 Å². The Kier molecular flexibility index (Phi) is 5.53. The second kappa shape index (κ2) is 7.39. The minimum absolute atomic E-state index is 0.221. The number of benzene rings is 1. The highest BCUT2D eigenvalue weighted by Crippen LogP contribution is 2.23. The number of nitrogens with one attached hydrogen (secondary N) is 1. The molecule has 0 amide bonds. The largest absolute Gasteiger partial charge is 0.312 e. The minimum Gasteiger partial charge on any atom is -0.312 e. The fourth-order valence-electron chi connectivity index (χ4n) is 3.04. The predicted molar refractivity (Wildman–Crippen MR) is 80.7 cm³/mol. The van der Waals surface area contributed by atoms with Gasteiger partial charge in [0, 0.05) is 18.2 Å². The van der Waals surface area contributed by atoms with Crippen LogP contribution in [-0.2, 0) is 6.54 Å². The van der Waals surface area contributed by atoms with Crippen LogP contribution in [-0.4, -0.2) is 11.5 Å². The number of rotatable bonds is 5. The Bertz CT molecular complexity index is 452. The third-order valence-electron chi connectivity index (χ3n) is 4.34. The summed E-state index contributed by atoms with van der Waals surface area (Å²) in [4.78, 5) is 10.6. The van der Waals surface area contributed by atoms with Gasteiger partial charge in [0.1, 0.15) is 0 Å². The van der Waals surface area contributed by atoms with Crippen LogP contribution in [0, 0.1) is 23.0 Å². The summed E-state index contributed by atoms with van der Waals surface area (Å²) in [5, 5.41) is 14.4. The maximum Gasteiger partial charge on any atom is 0.272 e. The van der Waals surface area contributed by atoms with Gasteiger partial charge in [0.15, 0.2) is 0 Å². The van der Waals surface area contributed by atoms with Crippen LogP contribution in [0.2, 0.25) is 0 Å². The summed E-state index contributed by atoms with van der Waals surface area (Å²) in [6, 6.07) is 5.32. The van der Waals surface area contributed by atoms with Gasteiger partial charge in [-0.15, -0.1) is 0 Å². The van der Waals surface area contributed by atoms with Gasteiger partial charge in [0.2, 0.25) is 0 Å². The smallest absolute Gasteiger partial charge is 0.272 e. The van der Waals surface area contributed by atoms with E-state index in [-0.39, 0.29) is 10.6 Å². The Morgan fingerprint density at radius 1 is 1.25 bits per heavy atom. The van der Waals surface area contributed by atoms with E-state index >= 15 is 0 Å². The van der Waals surface area contributed by atoms with E-state index in [1.54, 1.807) is 12.1 Å². The molecule has 1 fully saturated rings. The second-order valence-electron chi connectivity index (χ2n) is 5.81. The zero-order chi connectivity index (χ0) is 14.4. The van der Waals surface area contributed by atoms with E-state index < -0.39 is 0 Å². The van der Waals surface area contributed by atoms with Crippen LogP contribution in [0.25, 0.3) is 0 Å². The van der Waals surface area contributed by atoms with E-state index in [9.17, 15) is 10.1 Å². The lowest BCUT2D eigenvalue weighted by Gasteiger charge is -2.15. The molecule has 0 bridgehead atoms. The Hall–Kier alpha value is -1.42. The summed E-state index contributed by atoms with van der Waals surface area (Å²) >= 11 is 0. The molecule has 2 rings (SSSR count). The van der Waals surface area contributed by atoms with Crippen molar-refractivity contribution in [3.63, 3.8) is 0 Å². The zero-order valence-corrected chi connectivity index (χ0v) is 12.2. The summed E-state index contributed by atoms with van der Waals surface area (Å²) < 4.78 is 0. The van der Waals surface area contributed by atoms with Crippen LogP contribution in [0.4, 0.5) is 5.69 Å². The maximum absolute atomic E-state index is 10.9. The molecule has 1 N–H and O–H groups in total. The van der Waals surface area contributed by atoms with Crippen molar-refractivity contribution in [3.05, 3.63) is 39.4 Å². The number of nitro benzene ring substituents is 1. The van der Waals surface area contributed by atoms with Crippen molar-refractivity contribution in [1.29, 1.82) is 0 Å². The van der Waals surface area contributed by atoms with Crippen LogP contribution in [0.3, 0.4) is 0 Å². The number of hydrogen-bond donors (Lipinski definition) is 1. The molecule has 0 aliphatic heterocycles. The fourth-order valence-corrected chi connectivity index (χ4v) is 3.04. The van der Waals surface area contributed by atoms with Crippen LogP contribution in [0.1, 0.15) is 49.7 Å². The first kappa shape index (κ1) is 15.0. The number of hydrogen-bond acceptors (Lipinski definition) is 3. The summed E-state index contributed by atoms with van der Waals surface area (Å²) in [5.74, 6) is 0.775. The van der Waals surface area contributed by atoms with E-state index in [1.165, 1.54) is 38.5 Å². The van der Waals surface area contributed by atoms with Gasteiger partial charge in [-0.25, -0.2) is 0 Å². The molecular formula is C16H24N2O2. The molecule has 1 aliphatic carbocycles. The van der Waals surface area contributed by atoms with Crippen LogP contribution >= 0.6 is 0 Å². The van der Waals surface area contributed by atoms with E-state index in [4.69, 9.17) is 0 Å². The van der Waals surface area contributed by atoms with Gasteiger partial charge in [-0.3, -0.25) is 10.1 Å². The van der Waals surface area contributed by atoms with Gasteiger partial charge in [-0.1, -0.05) is 37.8 Å². The topological polar surface area (TPSA) is 55.2 Å².